The summed E-state index contributed by atoms with van der Waals surface area (Å²) in [5.74, 6) is 1.20. The van der Waals surface area contributed by atoms with Crippen molar-refractivity contribution in [2.75, 3.05) is 18.0 Å². The number of anilines is 1. The second-order valence-corrected chi connectivity index (χ2v) is 5.44. The Hall–Kier alpha value is -1.20. The van der Waals surface area contributed by atoms with Crippen molar-refractivity contribution in [3.8, 4) is 0 Å². The second-order valence-electron chi connectivity index (χ2n) is 5.00. The van der Waals surface area contributed by atoms with Crippen LogP contribution in [0.2, 0.25) is 0 Å². The molecule has 0 spiro atoms. The molecule has 0 aliphatic carbocycles. The van der Waals surface area contributed by atoms with Crippen LogP contribution in [-0.4, -0.2) is 34.3 Å². The van der Waals surface area contributed by atoms with E-state index >= 15 is 0 Å². The molecule has 0 radical (unpaired) electrons. The van der Waals surface area contributed by atoms with Gasteiger partial charge in [-0.25, -0.2) is 4.98 Å². The highest BCUT2D eigenvalue weighted by molar-refractivity contribution is 7.80. The molecule has 3 N–H and O–H groups in total. The van der Waals surface area contributed by atoms with Crippen molar-refractivity contribution in [2.45, 2.75) is 26.4 Å². The Labute approximate surface area is 113 Å². The number of piperidine rings is 1. The van der Waals surface area contributed by atoms with Crippen LogP contribution < -0.4 is 10.6 Å². The fourth-order valence-electron chi connectivity index (χ4n) is 2.21. The maximum atomic E-state index is 9.94. The molecule has 2 unspecified atom stereocenters. The number of β-amino-alcohol motifs (C(OH)–C–C–N with tert-alkyl or cyclic N) is 1. The van der Waals surface area contributed by atoms with Crippen LogP contribution in [0.5, 0.6) is 0 Å². The van der Waals surface area contributed by atoms with Gasteiger partial charge in [-0.3, -0.25) is 0 Å². The Morgan fingerprint density at radius 1 is 1.56 bits per heavy atom. The zero-order valence-electron chi connectivity index (χ0n) is 10.8. The van der Waals surface area contributed by atoms with E-state index in [-0.39, 0.29) is 6.10 Å². The molecule has 0 amide bonds. The van der Waals surface area contributed by atoms with Crippen LogP contribution in [0.25, 0.3) is 0 Å². The molecule has 0 saturated carbocycles. The molecule has 1 aliphatic heterocycles. The highest BCUT2D eigenvalue weighted by Gasteiger charge is 2.25. The average molecular weight is 265 g/mol. The average Bonchev–Trinajstić information content (AvgIpc) is 2.31. The quantitative estimate of drug-likeness (QED) is 0.788. The Bertz CT molecular complexity index is 464. The van der Waals surface area contributed by atoms with Gasteiger partial charge in [-0.1, -0.05) is 19.1 Å². The standard InChI is InChI=1S/C13H19N3OS/c1-8-3-4-16(7-11(8)17)12-6-10(13(14)18)5-9(2)15-12/h5-6,8,11,17H,3-4,7H2,1-2H3,(H2,14,18). The molecule has 0 aromatic carbocycles. The summed E-state index contributed by atoms with van der Waals surface area (Å²) in [6, 6.07) is 3.78. The molecule has 0 bridgehead atoms. The number of aromatic nitrogens is 1. The van der Waals surface area contributed by atoms with Crippen molar-refractivity contribution in [1.82, 2.24) is 4.98 Å². The van der Waals surface area contributed by atoms with Crippen LogP contribution in [0, 0.1) is 12.8 Å². The molecule has 4 nitrogen and oxygen atoms in total. The van der Waals surface area contributed by atoms with Crippen LogP contribution in [0.4, 0.5) is 5.82 Å². The maximum Gasteiger partial charge on any atom is 0.129 e. The molecule has 1 aromatic heterocycles. The summed E-state index contributed by atoms with van der Waals surface area (Å²) in [6.45, 7) is 5.53. The summed E-state index contributed by atoms with van der Waals surface area (Å²) in [6.07, 6.45) is 0.675. The Morgan fingerprint density at radius 2 is 2.28 bits per heavy atom. The van der Waals surface area contributed by atoms with E-state index in [4.69, 9.17) is 18.0 Å². The van der Waals surface area contributed by atoms with E-state index in [1.54, 1.807) is 0 Å². The number of hydrogen-bond acceptors (Lipinski definition) is 4. The first-order valence-electron chi connectivity index (χ1n) is 6.19. The molecule has 1 aliphatic rings. The van der Waals surface area contributed by atoms with E-state index in [2.05, 4.69) is 16.8 Å². The zero-order chi connectivity index (χ0) is 13.3. The van der Waals surface area contributed by atoms with Crippen molar-refractivity contribution >= 4 is 23.0 Å². The van der Waals surface area contributed by atoms with Gasteiger partial charge in [0.2, 0.25) is 0 Å². The molecule has 2 rings (SSSR count). The third-order valence-electron chi connectivity index (χ3n) is 3.47. The zero-order valence-corrected chi connectivity index (χ0v) is 11.6. The Morgan fingerprint density at radius 3 is 2.89 bits per heavy atom. The van der Waals surface area contributed by atoms with E-state index in [1.165, 1.54) is 0 Å². The van der Waals surface area contributed by atoms with Gasteiger partial charge in [-0.2, -0.15) is 0 Å². The minimum atomic E-state index is -0.297. The van der Waals surface area contributed by atoms with E-state index < -0.39 is 0 Å². The molecule has 1 fully saturated rings. The van der Waals surface area contributed by atoms with Crippen LogP contribution >= 0.6 is 12.2 Å². The molecule has 2 heterocycles. The van der Waals surface area contributed by atoms with Gasteiger partial charge in [-0.05, 0) is 31.4 Å². The number of thiocarbonyl (C=S) groups is 1. The summed E-state index contributed by atoms with van der Waals surface area (Å²) in [4.78, 5) is 6.98. The van der Waals surface area contributed by atoms with E-state index in [1.807, 2.05) is 19.1 Å². The maximum absolute atomic E-state index is 9.94. The summed E-state index contributed by atoms with van der Waals surface area (Å²) < 4.78 is 0. The number of aryl methyl sites for hydroxylation is 1. The Kier molecular flexibility index (Phi) is 3.82. The molecular formula is C13H19N3OS. The number of rotatable bonds is 2. The third kappa shape index (κ3) is 2.79. The van der Waals surface area contributed by atoms with E-state index in [9.17, 15) is 5.11 Å². The monoisotopic (exact) mass is 265 g/mol. The summed E-state index contributed by atoms with van der Waals surface area (Å²) in [5.41, 5.74) is 7.39. The van der Waals surface area contributed by atoms with Crippen LogP contribution in [0.15, 0.2) is 12.1 Å². The second kappa shape index (κ2) is 5.20. The summed E-state index contributed by atoms with van der Waals surface area (Å²) >= 11 is 5.01. The van der Waals surface area contributed by atoms with Crippen LogP contribution in [-0.2, 0) is 0 Å². The topological polar surface area (TPSA) is 62.4 Å². The van der Waals surface area contributed by atoms with Gasteiger partial charge >= 0.3 is 0 Å². The van der Waals surface area contributed by atoms with Gasteiger partial charge in [0, 0.05) is 24.3 Å². The number of nitrogens with two attached hydrogens (primary N) is 1. The van der Waals surface area contributed by atoms with Gasteiger partial charge in [0.15, 0.2) is 0 Å². The first-order chi connectivity index (χ1) is 8.47. The lowest BCUT2D eigenvalue weighted by Crippen LogP contribution is -2.43. The van der Waals surface area contributed by atoms with Crippen LogP contribution in [0.3, 0.4) is 0 Å². The molecule has 5 heteroatoms. The minimum Gasteiger partial charge on any atom is -0.391 e. The lowest BCUT2D eigenvalue weighted by Gasteiger charge is -2.35. The fraction of sp³-hybridized carbons (Fsp3) is 0.538. The predicted molar refractivity (Wildman–Crippen MR) is 76.9 cm³/mol. The summed E-state index contributed by atoms with van der Waals surface area (Å²) in [5, 5.41) is 9.94. The molecule has 18 heavy (non-hydrogen) atoms. The van der Waals surface area contributed by atoms with Crippen molar-refractivity contribution < 1.29 is 5.11 Å². The molecule has 98 valence electrons. The van der Waals surface area contributed by atoms with Gasteiger partial charge in [0.25, 0.3) is 0 Å². The number of pyridine rings is 1. The van der Waals surface area contributed by atoms with E-state index in [0.717, 1.165) is 30.0 Å². The lowest BCUT2D eigenvalue weighted by atomic mass is 9.96. The number of nitrogens with zero attached hydrogens (tertiary/aromatic N) is 2. The van der Waals surface area contributed by atoms with Crippen molar-refractivity contribution in [1.29, 1.82) is 0 Å². The van der Waals surface area contributed by atoms with Crippen molar-refractivity contribution in [3.63, 3.8) is 0 Å². The SMILES string of the molecule is Cc1cc(C(N)=S)cc(N2CCC(C)C(O)C2)n1. The highest BCUT2D eigenvalue weighted by Crippen LogP contribution is 2.23. The molecular weight excluding hydrogens is 246 g/mol. The molecule has 1 saturated heterocycles. The normalized spacial score (nSPS) is 24.1. The molecule has 1 aromatic rings. The first-order valence-corrected chi connectivity index (χ1v) is 6.59. The van der Waals surface area contributed by atoms with Crippen LogP contribution in [0.1, 0.15) is 24.6 Å². The van der Waals surface area contributed by atoms with Gasteiger partial charge in [0.1, 0.15) is 10.8 Å². The van der Waals surface area contributed by atoms with Crippen molar-refractivity contribution in [2.24, 2.45) is 11.7 Å². The van der Waals surface area contributed by atoms with E-state index in [0.29, 0.717) is 17.5 Å². The minimum absolute atomic E-state index is 0.297. The van der Waals surface area contributed by atoms with Gasteiger partial charge < -0.3 is 15.7 Å². The smallest absolute Gasteiger partial charge is 0.129 e. The summed E-state index contributed by atoms with van der Waals surface area (Å²) in [7, 11) is 0. The largest absolute Gasteiger partial charge is 0.391 e. The number of aliphatic hydroxyl groups excluding tert-OH is 1. The highest BCUT2D eigenvalue weighted by atomic mass is 32.1. The third-order valence-corrected chi connectivity index (χ3v) is 3.70. The predicted octanol–water partition coefficient (Wildman–Crippen LogP) is 1.23. The lowest BCUT2D eigenvalue weighted by molar-refractivity contribution is 0.102. The first kappa shape index (κ1) is 13.2. The molecule has 2 atom stereocenters. The van der Waals surface area contributed by atoms with Crippen molar-refractivity contribution in [3.05, 3.63) is 23.4 Å². The Balaban J connectivity index is 2.25. The fourth-order valence-corrected chi connectivity index (χ4v) is 2.33. The van der Waals surface area contributed by atoms with Gasteiger partial charge in [-0.15, -0.1) is 0 Å². The number of aliphatic hydroxyl groups is 1. The number of hydrogen-bond donors (Lipinski definition) is 2. The van der Waals surface area contributed by atoms with Gasteiger partial charge in [0.05, 0.1) is 6.10 Å².